The van der Waals surface area contributed by atoms with Crippen LogP contribution in [0.15, 0.2) is 40.3 Å². The zero-order valence-corrected chi connectivity index (χ0v) is 14.6. The molecule has 0 atom stereocenters. The number of rotatable bonds is 7. The number of thioether (sulfide) groups is 1. The lowest BCUT2D eigenvalue weighted by molar-refractivity contribution is -0.120. The van der Waals surface area contributed by atoms with Crippen LogP contribution in [-0.4, -0.2) is 33.6 Å². The molecular weight excluding hydrogens is 359 g/mol. The lowest BCUT2D eigenvalue weighted by Crippen LogP contribution is -2.28. The number of H-pyrrole nitrogens is 1. The fourth-order valence-corrected chi connectivity index (χ4v) is 2.91. The first kappa shape index (κ1) is 18.1. The van der Waals surface area contributed by atoms with Crippen molar-refractivity contribution in [3.8, 4) is 0 Å². The molecule has 0 saturated heterocycles. The Bertz CT molecular complexity index is 882. The Morgan fingerprint density at radius 1 is 1.27 bits per heavy atom. The van der Waals surface area contributed by atoms with E-state index in [1.165, 1.54) is 24.3 Å². The average molecular weight is 376 g/mol. The molecule has 3 rings (SSSR count). The van der Waals surface area contributed by atoms with E-state index in [0.29, 0.717) is 11.4 Å². The number of carbonyl (C=O) groups excluding carboxylic acids is 2. The number of aromatic amines is 1. The molecule has 0 bridgehead atoms. The zero-order valence-electron chi connectivity index (χ0n) is 13.8. The van der Waals surface area contributed by atoms with Gasteiger partial charge in [0.15, 0.2) is 5.16 Å². The van der Waals surface area contributed by atoms with Crippen LogP contribution in [0.5, 0.6) is 0 Å². The Labute approximate surface area is 152 Å². The molecule has 1 fully saturated rings. The second-order valence-corrected chi connectivity index (χ2v) is 6.87. The lowest BCUT2D eigenvalue weighted by Gasteiger charge is -2.06. The topological polar surface area (TPSA) is 104 Å². The summed E-state index contributed by atoms with van der Waals surface area (Å²) in [6.45, 7) is 0. The van der Waals surface area contributed by atoms with E-state index < -0.39 is 5.82 Å². The summed E-state index contributed by atoms with van der Waals surface area (Å²) in [4.78, 5) is 42.2. The number of hydrogen-bond donors (Lipinski definition) is 3. The molecule has 1 heterocycles. The minimum absolute atomic E-state index is 0.0167. The van der Waals surface area contributed by atoms with E-state index in [1.54, 1.807) is 6.07 Å². The molecule has 3 N–H and O–H groups in total. The molecule has 2 aromatic rings. The highest BCUT2D eigenvalue weighted by Gasteiger charge is 2.23. The van der Waals surface area contributed by atoms with Crippen LogP contribution in [0, 0.1) is 5.82 Å². The summed E-state index contributed by atoms with van der Waals surface area (Å²) < 4.78 is 13.1. The van der Waals surface area contributed by atoms with Crippen LogP contribution in [-0.2, 0) is 16.0 Å². The molecule has 2 amide bonds. The van der Waals surface area contributed by atoms with Crippen molar-refractivity contribution in [1.82, 2.24) is 15.3 Å². The fraction of sp³-hybridized carbons (Fsp3) is 0.294. The van der Waals surface area contributed by atoms with Crippen LogP contribution in [0.1, 0.15) is 18.5 Å². The second kappa shape index (κ2) is 8.13. The van der Waals surface area contributed by atoms with Gasteiger partial charge in [0.25, 0.3) is 5.56 Å². The van der Waals surface area contributed by atoms with Crippen LogP contribution in [0.25, 0.3) is 0 Å². The van der Waals surface area contributed by atoms with Gasteiger partial charge in [0.2, 0.25) is 11.8 Å². The van der Waals surface area contributed by atoms with Crippen LogP contribution >= 0.6 is 11.8 Å². The number of nitrogens with zero attached hydrogens (tertiary/aromatic N) is 1. The summed E-state index contributed by atoms with van der Waals surface area (Å²) in [6.07, 6.45) is 1.98. The van der Waals surface area contributed by atoms with Gasteiger partial charge in [-0.25, -0.2) is 9.37 Å². The molecule has 0 spiro atoms. The van der Waals surface area contributed by atoms with Gasteiger partial charge in [-0.05, 0) is 31.0 Å². The molecule has 7 nitrogen and oxygen atoms in total. The Hall–Kier alpha value is -2.68. The number of benzene rings is 1. The van der Waals surface area contributed by atoms with E-state index in [4.69, 9.17) is 0 Å². The molecule has 0 radical (unpaired) electrons. The molecule has 1 aromatic carbocycles. The highest BCUT2D eigenvalue weighted by molar-refractivity contribution is 7.99. The van der Waals surface area contributed by atoms with Gasteiger partial charge >= 0.3 is 0 Å². The SMILES string of the molecule is O=C(CSc1nc(CC(=O)NC2CC2)cc(=O)[nH]1)Nc1cccc(F)c1. The fourth-order valence-electron chi connectivity index (χ4n) is 2.21. The van der Waals surface area contributed by atoms with Gasteiger partial charge in [0.05, 0.1) is 17.9 Å². The Kier molecular flexibility index (Phi) is 5.67. The third kappa shape index (κ3) is 5.69. The Morgan fingerprint density at radius 2 is 2.08 bits per heavy atom. The highest BCUT2D eigenvalue weighted by Crippen LogP contribution is 2.19. The van der Waals surface area contributed by atoms with E-state index in [-0.39, 0.29) is 40.7 Å². The summed E-state index contributed by atoms with van der Waals surface area (Å²) in [5.74, 6) is -0.999. The zero-order chi connectivity index (χ0) is 18.5. The first-order valence-electron chi connectivity index (χ1n) is 8.06. The van der Waals surface area contributed by atoms with E-state index >= 15 is 0 Å². The van der Waals surface area contributed by atoms with Crippen molar-refractivity contribution in [2.75, 3.05) is 11.1 Å². The smallest absolute Gasteiger partial charge is 0.251 e. The van der Waals surface area contributed by atoms with Gasteiger partial charge in [0.1, 0.15) is 5.82 Å². The van der Waals surface area contributed by atoms with Crippen LogP contribution in [0.4, 0.5) is 10.1 Å². The minimum Gasteiger partial charge on any atom is -0.353 e. The Morgan fingerprint density at radius 3 is 2.81 bits per heavy atom. The van der Waals surface area contributed by atoms with Gasteiger partial charge in [-0.15, -0.1) is 0 Å². The number of nitrogens with one attached hydrogen (secondary N) is 3. The third-order valence-corrected chi connectivity index (χ3v) is 4.38. The van der Waals surface area contributed by atoms with Crippen LogP contribution in [0.2, 0.25) is 0 Å². The number of anilines is 1. The number of carbonyl (C=O) groups is 2. The third-order valence-electron chi connectivity index (χ3n) is 3.51. The van der Waals surface area contributed by atoms with E-state index in [0.717, 1.165) is 24.6 Å². The maximum atomic E-state index is 13.1. The summed E-state index contributed by atoms with van der Waals surface area (Å²) in [7, 11) is 0. The maximum absolute atomic E-state index is 13.1. The van der Waals surface area contributed by atoms with Crippen LogP contribution < -0.4 is 16.2 Å². The van der Waals surface area contributed by atoms with E-state index in [1.807, 2.05) is 0 Å². The highest BCUT2D eigenvalue weighted by atomic mass is 32.2. The number of aromatic nitrogens is 2. The summed E-state index contributed by atoms with van der Waals surface area (Å²) in [5, 5.41) is 5.64. The largest absolute Gasteiger partial charge is 0.353 e. The molecule has 26 heavy (non-hydrogen) atoms. The first-order chi connectivity index (χ1) is 12.5. The average Bonchev–Trinajstić information content (AvgIpc) is 3.36. The van der Waals surface area contributed by atoms with E-state index in [9.17, 15) is 18.8 Å². The Balaban J connectivity index is 1.55. The minimum atomic E-state index is -0.446. The molecule has 0 aliphatic heterocycles. The molecule has 1 aliphatic rings. The molecule has 1 aromatic heterocycles. The van der Waals surface area contributed by atoms with Crippen molar-refractivity contribution in [2.45, 2.75) is 30.5 Å². The van der Waals surface area contributed by atoms with Crippen molar-refractivity contribution in [3.63, 3.8) is 0 Å². The number of hydrogen-bond acceptors (Lipinski definition) is 5. The lowest BCUT2D eigenvalue weighted by atomic mass is 10.3. The molecule has 1 aliphatic carbocycles. The predicted octanol–water partition coefficient (Wildman–Crippen LogP) is 1.46. The molecule has 9 heteroatoms. The van der Waals surface area contributed by atoms with Crippen molar-refractivity contribution in [3.05, 3.63) is 52.2 Å². The summed E-state index contributed by atoms with van der Waals surface area (Å²) in [6, 6.07) is 7.07. The molecular formula is C17H17FN4O3S. The monoisotopic (exact) mass is 376 g/mol. The summed E-state index contributed by atoms with van der Waals surface area (Å²) >= 11 is 1.03. The van der Waals surface area contributed by atoms with Gasteiger partial charge in [-0.1, -0.05) is 17.8 Å². The van der Waals surface area contributed by atoms with Crippen molar-refractivity contribution in [2.24, 2.45) is 0 Å². The maximum Gasteiger partial charge on any atom is 0.251 e. The standard InChI is InChI=1S/C17H17FN4O3S/c18-10-2-1-3-12(6-10)20-16(25)9-26-17-21-13(8-15(24)22-17)7-14(23)19-11-4-5-11/h1-3,6,8,11H,4-5,7,9H2,(H,19,23)(H,20,25)(H,21,22,24). The predicted molar refractivity (Wildman–Crippen MR) is 95.5 cm³/mol. The quantitative estimate of drug-likeness (QED) is 0.501. The van der Waals surface area contributed by atoms with Crippen molar-refractivity contribution >= 4 is 29.3 Å². The summed E-state index contributed by atoms with van der Waals surface area (Å²) in [5.41, 5.74) is 0.310. The van der Waals surface area contributed by atoms with Crippen molar-refractivity contribution < 1.29 is 14.0 Å². The normalized spacial score (nSPS) is 13.3. The first-order valence-corrected chi connectivity index (χ1v) is 9.04. The molecule has 0 unspecified atom stereocenters. The van der Waals surface area contributed by atoms with Gasteiger partial charge < -0.3 is 15.6 Å². The molecule has 1 saturated carbocycles. The van der Waals surface area contributed by atoms with E-state index in [2.05, 4.69) is 20.6 Å². The second-order valence-electron chi connectivity index (χ2n) is 5.91. The molecule has 136 valence electrons. The van der Waals surface area contributed by atoms with Crippen LogP contribution in [0.3, 0.4) is 0 Å². The van der Waals surface area contributed by atoms with Crippen molar-refractivity contribution in [1.29, 1.82) is 0 Å². The van der Waals surface area contributed by atoms with Gasteiger partial charge in [-0.3, -0.25) is 14.4 Å². The van der Waals surface area contributed by atoms with Gasteiger partial charge in [0, 0.05) is 17.8 Å². The number of halogens is 1. The number of amides is 2. The van der Waals surface area contributed by atoms with Gasteiger partial charge in [-0.2, -0.15) is 0 Å².